The summed E-state index contributed by atoms with van der Waals surface area (Å²) >= 11 is 10.3. The molecule has 0 aromatic carbocycles. The summed E-state index contributed by atoms with van der Waals surface area (Å²) < 4.78 is 38.5. The number of aromatic nitrogens is 3. The number of carbonyl (C=O) groups is 4. The monoisotopic (exact) mass is 669 g/mol. The summed E-state index contributed by atoms with van der Waals surface area (Å²) in [5.41, 5.74) is 1.17. The normalized spacial score (nSPS) is 24.0. The molecule has 1 saturated carbocycles. The van der Waals surface area contributed by atoms with Crippen molar-refractivity contribution in [1.29, 1.82) is 0 Å². The quantitative estimate of drug-likeness (QED) is 0.111. The Labute approximate surface area is 248 Å². The third kappa shape index (κ3) is 6.45. The number of carboxylic acids is 1. The van der Waals surface area contributed by atoms with Crippen LogP contribution in [0.5, 0.6) is 0 Å². The highest BCUT2D eigenvalue weighted by atomic mass is 35.5. The van der Waals surface area contributed by atoms with E-state index in [1.807, 2.05) is 0 Å². The van der Waals surface area contributed by atoms with Crippen LogP contribution >= 0.6 is 57.8 Å². The molecule has 3 amide bonds. The fraction of sp³-hybridized carbons (Fsp3) is 0.400. The first-order valence-electron chi connectivity index (χ1n) is 11.3. The van der Waals surface area contributed by atoms with Crippen LogP contribution in [0, 0.1) is 0 Å². The highest BCUT2D eigenvalue weighted by molar-refractivity contribution is 8.01. The predicted molar refractivity (Wildman–Crippen MR) is 143 cm³/mol. The number of amides is 3. The lowest BCUT2D eigenvalue weighted by Gasteiger charge is -2.49. The highest BCUT2D eigenvalue weighted by Crippen LogP contribution is 2.42. The maximum atomic E-state index is 13.2. The molecule has 0 radical (unpaired) electrons. The number of nitrogens with zero attached hydrogens (tertiary/aromatic N) is 5. The van der Waals surface area contributed by atoms with Crippen LogP contribution in [0.4, 0.5) is 18.3 Å². The number of hydrogen-bond donors (Lipinski definition) is 3. The lowest BCUT2D eigenvalue weighted by molar-refractivity contribution is -0.167. The van der Waals surface area contributed by atoms with Crippen LogP contribution in [0.1, 0.15) is 12.1 Å². The van der Waals surface area contributed by atoms with Crippen molar-refractivity contribution < 1.29 is 42.3 Å². The van der Waals surface area contributed by atoms with Gasteiger partial charge in [0.05, 0.1) is 5.38 Å². The Morgan fingerprint density at radius 1 is 1.32 bits per heavy atom. The first-order chi connectivity index (χ1) is 19.4. The minimum atomic E-state index is -5.15. The summed E-state index contributed by atoms with van der Waals surface area (Å²) in [4.78, 5) is 59.7. The Hall–Kier alpha value is -2.94. The zero-order valence-electron chi connectivity index (χ0n) is 20.0. The van der Waals surface area contributed by atoms with Crippen LogP contribution in [-0.2, 0) is 24.0 Å². The van der Waals surface area contributed by atoms with Gasteiger partial charge in [-0.2, -0.15) is 13.2 Å². The van der Waals surface area contributed by atoms with E-state index in [1.165, 1.54) is 40.2 Å². The van der Waals surface area contributed by atoms with Crippen LogP contribution in [0.25, 0.3) is 0 Å². The van der Waals surface area contributed by atoms with Gasteiger partial charge < -0.3 is 15.3 Å². The van der Waals surface area contributed by atoms with Crippen molar-refractivity contribution in [3.05, 3.63) is 27.9 Å². The topological polar surface area (TPSA) is 176 Å². The molecule has 3 aliphatic rings. The second-order valence-corrected chi connectivity index (χ2v) is 13.0. The van der Waals surface area contributed by atoms with Crippen molar-refractivity contribution in [2.75, 3.05) is 16.8 Å². The van der Waals surface area contributed by atoms with Crippen molar-refractivity contribution in [1.82, 2.24) is 25.4 Å². The van der Waals surface area contributed by atoms with Gasteiger partial charge in [0.25, 0.3) is 11.8 Å². The molecule has 218 valence electrons. The first-order valence-corrected chi connectivity index (χ1v) is 15.5. The average Bonchev–Trinajstić information content (AvgIpc) is 3.28. The van der Waals surface area contributed by atoms with Gasteiger partial charge in [-0.15, -0.1) is 44.9 Å². The molecule has 4 heterocycles. The molecule has 2 aromatic heterocycles. The van der Waals surface area contributed by atoms with E-state index in [2.05, 4.69) is 25.7 Å². The molecule has 2 unspecified atom stereocenters. The molecule has 2 fully saturated rings. The van der Waals surface area contributed by atoms with Crippen LogP contribution in [0.15, 0.2) is 31.7 Å². The Balaban J connectivity index is 1.31. The second-order valence-electron chi connectivity index (χ2n) is 8.44. The summed E-state index contributed by atoms with van der Waals surface area (Å²) in [6.45, 7) is 0. The lowest BCUT2D eigenvalue weighted by atomic mass is 10.0. The number of hydrogen-bond acceptors (Lipinski definition) is 13. The minimum absolute atomic E-state index is 0.176. The van der Waals surface area contributed by atoms with E-state index in [0.29, 0.717) is 27.7 Å². The molecule has 21 heteroatoms. The molecule has 5 rings (SSSR count). The number of thiazole rings is 1. The largest absolute Gasteiger partial charge is 0.477 e. The Bertz CT molecular complexity index is 1450. The molecule has 2 aliphatic heterocycles. The van der Waals surface area contributed by atoms with Crippen molar-refractivity contribution in [2.24, 2.45) is 5.16 Å². The van der Waals surface area contributed by atoms with Crippen molar-refractivity contribution in [3.63, 3.8) is 0 Å². The van der Waals surface area contributed by atoms with Crippen LogP contribution in [-0.4, -0.2) is 95.2 Å². The van der Waals surface area contributed by atoms with Crippen molar-refractivity contribution in [2.45, 2.75) is 39.8 Å². The molecular weight excluding hydrogens is 655 g/mol. The summed E-state index contributed by atoms with van der Waals surface area (Å²) in [5, 5.41) is 25.0. The molecule has 13 nitrogen and oxygen atoms in total. The Morgan fingerprint density at radius 3 is 2.71 bits per heavy atom. The zero-order valence-corrected chi connectivity index (χ0v) is 24.0. The summed E-state index contributed by atoms with van der Waals surface area (Å²) in [7, 11) is 0. The predicted octanol–water partition coefficient (Wildman–Crippen LogP) is 2.13. The van der Waals surface area contributed by atoms with Gasteiger partial charge in [0.1, 0.15) is 34.4 Å². The van der Waals surface area contributed by atoms with Gasteiger partial charge in [0.2, 0.25) is 0 Å². The fourth-order valence-corrected chi connectivity index (χ4v) is 7.45. The summed E-state index contributed by atoms with van der Waals surface area (Å²) in [5.74, 6) is -4.64. The third-order valence-electron chi connectivity index (χ3n) is 5.62. The van der Waals surface area contributed by atoms with Crippen LogP contribution in [0.2, 0.25) is 0 Å². The zero-order chi connectivity index (χ0) is 29.5. The van der Waals surface area contributed by atoms with Gasteiger partial charge in [-0.3, -0.25) is 24.6 Å². The van der Waals surface area contributed by atoms with Crippen LogP contribution < -0.4 is 10.6 Å². The second kappa shape index (κ2) is 11.7. The van der Waals surface area contributed by atoms with Gasteiger partial charge >= 0.3 is 18.1 Å². The molecule has 2 aromatic rings. The van der Waals surface area contributed by atoms with Crippen molar-refractivity contribution >= 4 is 92.3 Å². The minimum Gasteiger partial charge on any atom is -0.477 e. The average molecular weight is 670 g/mol. The van der Waals surface area contributed by atoms with Gasteiger partial charge in [-0.1, -0.05) is 28.3 Å². The number of β-lactam (4-membered cyclic amide) rings is 1. The smallest absolute Gasteiger partial charge is 0.471 e. The molecule has 1 saturated heterocycles. The number of nitrogens with one attached hydrogen (secondary N) is 2. The number of oxime groups is 1. The molecular formula is C20H15ClF3N7O6S4. The first kappa shape index (κ1) is 29.5. The van der Waals surface area contributed by atoms with E-state index in [4.69, 9.17) is 16.4 Å². The SMILES string of the molecule is O=C(O)C1=C(CSc2nncs2)CS[C@@H]2[C@H](NC(=O)/C(=N\OC3CC3Cl)c3csc(NC(=O)C(F)(F)F)n3)C(=O)N12. The summed E-state index contributed by atoms with van der Waals surface area (Å²) in [6.07, 6.45) is -5.21. The van der Waals surface area contributed by atoms with E-state index >= 15 is 0 Å². The molecule has 41 heavy (non-hydrogen) atoms. The number of alkyl halides is 4. The molecule has 0 bridgehead atoms. The number of thioether (sulfide) groups is 2. The maximum Gasteiger partial charge on any atom is 0.471 e. The van der Waals surface area contributed by atoms with E-state index in [-0.39, 0.29) is 28.3 Å². The van der Waals surface area contributed by atoms with E-state index < -0.39 is 58.2 Å². The number of carboxylic acid groups (broad SMARTS) is 1. The van der Waals surface area contributed by atoms with E-state index in [1.54, 1.807) is 10.8 Å². The number of aliphatic carboxylic acids is 1. The third-order valence-corrected chi connectivity index (χ3v) is 10.1. The fourth-order valence-electron chi connectivity index (χ4n) is 3.56. The van der Waals surface area contributed by atoms with E-state index in [9.17, 15) is 37.5 Å². The standard InChI is InChI=1S/C20H15ClF3N7O6S4/c21-7-1-9(7)37-30-10(8-4-39-18(26-8)28-17(36)20(22,23)24)13(32)27-11-14(33)31-12(16(34)35)6(2-38-15(11)31)3-40-19-29-25-5-41-19/h4-5,7,9,11,15H,1-3H2,(H,27,32)(H,34,35)(H,26,28,36)/b30-10-/t7?,9?,11-,15-/m1/s1. The van der Waals surface area contributed by atoms with E-state index in [0.717, 1.165) is 4.90 Å². The van der Waals surface area contributed by atoms with Gasteiger partial charge in [0.15, 0.2) is 15.2 Å². The maximum absolute atomic E-state index is 13.2. The number of carbonyl (C=O) groups excluding carboxylic acids is 3. The van der Waals surface area contributed by atoms with Crippen molar-refractivity contribution in [3.8, 4) is 0 Å². The number of anilines is 1. The molecule has 4 atom stereocenters. The number of fused-ring (bicyclic) bond motifs is 1. The summed E-state index contributed by atoms with van der Waals surface area (Å²) in [6, 6.07) is -1.13. The van der Waals surface area contributed by atoms with Gasteiger partial charge in [0, 0.05) is 23.3 Å². The highest BCUT2D eigenvalue weighted by Gasteiger charge is 2.54. The Kier molecular flexibility index (Phi) is 8.46. The molecule has 3 N–H and O–H groups in total. The van der Waals surface area contributed by atoms with Gasteiger partial charge in [-0.25, -0.2) is 9.78 Å². The number of rotatable bonds is 10. The molecule has 1 aliphatic carbocycles. The number of halogens is 4. The van der Waals surface area contributed by atoms with Crippen LogP contribution in [0.3, 0.4) is 0 Å². The molecule has 0 spiro atoms. The van der Waals surface area contributed by atoms with Gasteiger partial charge in [-0.05, 0) is 5.57 Å². The Morgan fingerprint density at radius 2 is 2.07 bits per heavy atom. The lowest BCUT2D eigenvalue weighted by Crippen LogP contribution is -2.71.